The molecular weight excluding hydrogens is 409 g/mol. The second-order valence-corrected chi connectivity index (χ2v) is 7.91. The minimum atomic E-state index is -0.282. The van der Waals surface area contributed by atoms with Gasteiger partial charge >= 0.3 is 0 Å². The number of anilines is 1. The lowest BCUT2D eigenvalue weighted by Gasteiger charge is -2.24. The number of halogens is 1. The molecule has 0 fully saturated rings. The number of fused-ring (bicyclic) bond motifs is 1. The lowest BCUT2D eigenvalue weighted by atomic mass is 9.97. The minimum Gasteiger partial charge on any atom is -0.448 e. The van der Waals surface area contributed by atoms with E-state index in [1.807, 2.05) is 16.8 Å². The quantitative estimate of drug-likeness (QED) is 0.518. The summed E-state index contributed by atoms with van der Waals surface area (Å²) in [6, 6.07) is 12.1. The normalized spacial score (nSPS) is 13.7. The number of hydrogen-bond acceptors (Lipinski definition) is 5. The molecule has 1 aromatic carbocycles. The van der Waals surface area contributed by atoms with Crippen LogP contribution in [0, 0.1) is 5.82 Å². The van der Waals surface area contributed by atoms with Gasteiger partial charge in [-0.2, -0.15) is 5.10 Å². The minimum absolute atomic E-state index is 0.218. The number of carbonyl (C=O) groups is 1. The molecule has 1 N–H and O–H groups in total. The zero-order chi connectivity index (χ0) is 22.2. The molecule has 4 aromatic rings. The van der Waals surface area contributed by atoms with Gasteiger partial charge in [0.15, 0.2) is 0 Å². The van der Waals surface area contributed by atoms with Crippen molar-refractivity contribution < 1.29 is 13.6 Å². The van der Waals surface area contributed by atoms with Crippen molar-refractivity contribution in [2.24, 2.45) is 0 Å². The Labute approximate surface area is 184 Å². The van der Waals surface area contributed by atoms with Gasteiger partial charge in [0, 0.05) is 37.3 Å². The number of likely N-dealkylation sites (N-methyl/N-ethyl adjacent to an activating group) is 1. The molecule has 0 aliphatic carbocycles. The number of aromatic nitrogens is 3. The molecule has 32 heavy (non-hydrogen) atoms. The highest BCUT2D eigenvalue weighted by molar-refractivity contribution is 5.92. The van der Waals surface area contributed by atoms with E-state index < -0.39 is 0 Å². The molecule has 0 saturated carbocycles. The third-order valence-electron chi connectivity index (χ3n) is 5.57. The predicted octanol–water partition coefficient (Wildman–Crippen LogP) is 4.42. The van der Waals surface area contributed by atoms with Crippen LogP contribution in [-0.4, -0.2) is 39.2 Å². The van der Waals surface area contributed by atoms with E-state index in [4.69, 9.17) is 9.52 Å². The molecule has 1 aliphatic rings. The van der Waals surface area contributed by atoms with Crippen molar-refractivity contribution in [3.05, 3.63) is 66.4 Å². The SMILES string of the molecule is CC(=O)Nc1occc1-c1cc(-c2c(-c3ccc(F)cc3)nn3c2CN(C)CC3)ccn1. The van der Waals surface area contributed by atoms with Crippen molar-refractivity contribution in [2.45, 2.75) is 20.0 Å². The fourth-order valence-electron chi connectivity index (χ4n) is 4.06. The third kappa shape index (κ3) is 3.69. The summed E-state index contributed by atoms with van der Waals surface area (Å²) in [6.45, 7) is 3.88. The Morgan fingerprint density at radius 2 is 1.94 bits per heavy atom. The Kier molecular flexibility index (Phi) is 5.07. The van der Waals surface area contributed by atoms with Gasteiger partial charge < -0.3 is 4.42 Å². The van der Waals surface area contributed by atoms with Gasteiger partial charge in [-0.1, -0.05) is 0 Å². The number of nitrogens with zero attached hydrogens (tertiary/aromatic N) is 4. The van der Waals surface area contributed by atoms with Gasteiger partial charge in [-0.25, -0.2) is 4.39 Å². The van der Waals surface area contributed by atoms with Crippen LogP contribution in [0.5, 0.6) is 0 Å². The molecule has 7 nitrogen and oxygen atoms in total. The Morgan fingerprint density at radius 1 is 1.12 bits per heavy atom. The van der Waals surface area contributed by atoms with E-state index in [9.17, 15) is 9.18 Å². The maximum absolute atomic E-state index is 13.6. The first kappa shape index (κ1) is 20.1. The van der Waals surface area contributed by atoms with Gasteiger partial charge in [-0.05, 0) is 55.1 Å². The standard InChI is InChI=1S/C24H22FN5O2/c1-15(31)27-24-19(8-12-32-24)20-13-17(7-9-26-20)22-21-14-29(2)10-11-30(21)28-23(22)16-3-5-18(25)6-4-16/h3-9,12-13H,10-11,14H2,1-2H3,(H,27,31). The lowest BCUT2D eigenvalue weighted by molar-refractivity contribution is -0.114. The first-order valence-corrected chi connectivity index (χ1v) is 10.4. The average Bonchev–Trinajstić information content (AvgIpc) is 3.38. The summed E-state index contributed by atoms with van der Waals surface area (Å²) >= 11 is 0. The molecule has 1 aliphatic heterocycles. The van der Waals surface area contributed by atoms with Crippen LogP contribution in [0.4, 0.5) is 10.3 Å². The van der Waals surface area contributed by atoms with Crippen molar-refractivity contribution in [3.8, 4) is 33.6 Å². The van der Waals surface area contributed by atoms with Crippen molar-refractivity contribution >= 4 is 11.8 Å². The highest BCUT2D eigenvalue weighted by Crippen LogP contribution is 2.38. The highest BCUT2D eigenvalue weighted by Gasteiger charge is 2.25. The van der Waals surface area contributed by atoms with Crippen LogP contribution < -0.4 is 5.32 Å². The molecule has 0 bridgehead atoms. The average molecular weight is 431 g/mol. The summed E-state index contributed by atoms with van der Waals surface area (Å²) < 4.78 is 21.0. The van der Waals surface area contributed by atoms with Crippen molar-refractivity contribution in [1.29, 1.82) is 0 Å². The van der Waals surface area contributed by atoms with E-state index in [0.29, 0.717) is 17.1 Å². The van der Waals surface area contributed by atoms with Crippen LogP contribution in [0.3, 0.4) is 0 Å². The molecule has 4 heterocycles. The van der Waals surface area contributed by atoms with Gasteiger partial charge in [-0.15, -0.1) is 0 Å². The van der Waals surface area contributed by atoms with E-state index >= 15 is 0 Å². The monoisotopic (exact) mass is 431 g/mol. The lowest BCUT2D eigenvalue weighted by Crippen LogP contribution is -2.30. The number of nitrogens with one attached hydrogen (secondary N) is 1. The number of hydrogen-bond donors (Lipinski definition) is 1. The molecule has 162 valence electrons. The molecule has 0 radical (unpaired) electrons. The van der Waals surface area contributed by atoms with Crippen LogP contribution in [0.1, 0.15) is 12.6 Å². The van der Waals surface area contributed by atoms with Crippen LogP contribution in [0.25, 0.3) is 33.6 Å². The van der Waals surface area contributed by atoms with E-state index in [0.717, 1.165) is 47.7 Å². The molecule has 0 unspecified atom stereocenters. The maximum atomic E-state index is 13.6. The number of pyridine rings is 1. The van der Waals surface area contributed by atoms with E-state index in [1.165, 1.54) is 25.3 Å². The number of carbonyl (C=O) groups excluding carboxylic acids is 1. The Balaban J connectivity index is 1.66. The summed E-state index contributed by atoms with van der Waals surface area (Å²) in [6.07, 6.45) is 3.26. The predicted molar refractivity (Wildman–Crippen MR) is 119 cm³/mol. The molecule has 0 spiro atoms. The third-order valence-corrected chi connectivity index (χ3v) is 5.57. The van der Waals surface area contributed by atoms with E-state index in [2.05, 4.69) is 22.2 Å². The summed E-state index contributed by atoms with van der Waals surface area (Å²) in [5.74, 6) is -0.141. The molecule has 3 aromatic heterocycles. The fourth-order valence-corrected chi connectivity index (χ4v) is 4.06. The Hall–Kier alpha value is -3.78. The van der Waals surface area contributed by atoms with Crippen molar-refractivity contribution in [1.82, 2.24) is 19.7 Å². The Bertz CT molecular complexity index is 1290. The van der Waals surface area contributed by atoms with Crippen LogP contribution in [-0.2, 0) is 17.9 Å². The zero-order valence-corrected chi connectivity index (χ0v) is 17.8. The van der Waals surface area contributed by atoms with Crippen LogP contribution in [0.15, 0.2) is 59.3 Å². The van der Waals surface area contributed by atoms with E-state index in [1.54, 1.807) is 24.4 Å². The summed E-state index contributed by atoms with van der Waals surface area (Å²) in [4.78, 5) is 18.3. The highest BCUT2D eigenvalue weighted by atomic mass is 19.1. The largest absolute Gasteiger partial charge is 0.448 e. The first-order chi connectivity index (χ1) is 15.5. The summed E-state index contributed by atoms with van der Waals surface area (Å²) in [5.41, 5.74) is 6.08. The summed E-state index contributed by atoms with van der Waals surface area (Å²) in [5, 5.41) is 7.58. The van der Waals surface area contributed by atoms with E-state index in [-0.39, 0.29) is 11.7 Å². The van der Waals surface area contributed by atoms with Gasteiger partial charge in [0.1, 0.15) is 11.5 Å². The molecule has 0 atom stereocenters. The molecule has 0 saturated heterocycles. The second kappa shape index (κ2) is 8.05. The molecule has 1 amide bonds. The van der Waals surface area contributed by atoms with Crippen LogP contribution >= 0.6 is 0 Å². The summed E-state index contributed by atoms with van der Waals surface area (Å²) in [7, 11) is 2.08. The fraction of sp³-hybridized carbons (Fsp3) is 0.208. The number of amides is 1. The number of rotatable bonds is 4. The first-order valence-electron chi connectivity index (χ1n) is 10.4. The molecule has 5 rings (SSSR count). The molecule has 8 heteroatoms. The van der Waals surface area contributed by atoms with Crippen molar-refractivity contribution in [2.75, 3.05) is 18.9 Å². The molecular formula is C24H22FN5O2. The van der Waals surface area contributed by atoms with Gasteiger partial charge in [0.25, 0.3) is 0 Å². The van der Waals surface area contributed by atoms with Gasteiger partial charge in [0.05, 0.1) is 29.8 Å². The number of benzene rings is 1. The zero-order valence-electron chi connectivity index (χ0n) is 17.8. The van der Waals surface area contributed by atoms with Crippen molar-refractivity contribution in [3.63, 3.8) is 0 Å². The Morgan fingerprint density at radius 3 is 2.72 bits per heavy atom. The smallest absolute Gasteiger partial charge is 0.223 e. The van der Waals surface area contributed by atoms with Gasteiger partial charge in [-0.3, -0.25) is 24.7 Å². The topological polar surface area (TPSA) is 76.2 Å². The van der Waals surface area contributed by atoms with Crippen LogP contribution in [0.2, 0.25) is 0 Å². The second-order valence-electron chi connectivity index (χ2n) is 7.91. The van der Waals surface area contributed by atoms with Gasteiger partial charge in [0.2, 0.25) is 11.8 Å². The number of furan rings is 1. The maximum Gasteiger partial charge on any atom is 0.223 e.